The van der Waals surface area contributed by atoms with Gasteiger partial charge in [0.2, 0.25) is 0 Å². The minimum atomic E-state index is -2.80. The summed E-state index contributed by atoms with van der Waals surface area (Å²) < 4.78 is 22.0. The molecule has 71 valence electrons. The van der Waals surface area contributed by atoms with Crippen molar-refractivity contribution >= 4 is 9.84 Å². The molecular formula is C7H14NO3S. The van der Waals surface area contributed by atoms with Gasteiger partial charge in [-0.25, -0.2) is 8.42 Å². The summed E-state index contributed by atoms with van der Waals surface area (Å²) in [4.78, 5) is 1.92. The summed E-state index contributed by atoms with van der Waals surface area (Å²) in [5.41, 5.74) is 0. The summed E-state index contributed by atoms with van der Waals surface area (Å²) in [6, 6.07) is 0. The van der Waals surface area contributed by atoms with Crippen LogP contribution in [0.4, 0.5) is 0 Å². The van der Waals surface area contributed by atoms with Gasteiger partial charge >= 0.3 is 0 Å². The first-order valence-corrected chi connectivity index (χ1v) is 5.76. The zero-order valence-electron chi connectivity index (χ0n) is 6.94. The molecule has 1 aliphatic heterocycles. The van der Waals surface area contributed by atoms with Crippen molar-refractivity contribution in [3.05, 3.63) is 6.92 Å². The summed E-state index contributed by atoms with van der Waals surface area (Å²) >= 11 is 0. The van der Waals surface area contributed by atoms with Crippen LogP contribution in [-0.4, -0.2) is 55.7 Å². The van der Waals surface area contributed by atoms with E-state index in [9.17, 15) is 8.42 Å². The maximum absolute atomic E-state index is 11.0. The highest BCUT2D eigenvalue weighted by Gasteiger charge is 2.21. The maximum atomic E-state index is 11.0. The molecule has 1 saturated heterocycles. The van der Waals surface area contributed by atoms with Crippen LogP contribution < -0.4 is 0 Å². The molecule has 0 spiro atoms. The monoisotopic (exact) mass is 192 g/mol. The van der Waals surface area contributed by atoms with Gasteiger partial charge in [0.15, 0.2) is 9.84 Å². The molecule has 1 heterocycles. The summed E-state index contributed by atoms with van der Waals surface area (Å²) in [6.07, 6.45) is -0.620. The Balaban J connectivity index is 2.36. The first-order chi connectivity index (χ1) is 5.49. The van der Waals surface area contributed by atoms with Crippen molar-refractivity contribution in [1.82, 2.24) is 4.90 Å². The van der Waals surface area contributed by atoms with Crippen molar-refractivity contribution in [2.24, 2.45) is 0 Å². The van der Waals surface area contributed by atoms with E-state index in [2.05, 4.69) is 6.92 Å². The molecule has 1 rings (SSSR count). The van der Waals surface area contributed by atoms with Gasteiger partial charge in [-0.3, -0.25) is 4.90 Å². The lowest BCUT2D eigenvalue weighted by atomic mass is 10.3. The predicted molar refractivity (Wildman–Crippen MR) is 46.5 cm³/mol. The van der Waals surface area contributed by atoms with Crippen LogP contribution in [0.15, 0.2) is 0 Å². The van der Waals surface area contributed by atoms with Gasteiger partial charge in [0, 0.05) is 19.6 Å². The second-order valence-electron chi connectivity index (χ2n) is 3.11. The molecular weight excluding hydrogens is 178 g/mol. The molecule has 1 radical (unpaired) electrons. The minimum absolute atomic E-state index is 0.208. The summed E-state index contributed by atoms with van der Waals surface area (Å²) in [7, 11) is -2.80. The molecule has 0 saturated carbocycles. The molecule has 5 heteroatoms. The first-order valence-electron chi connectivity index (χ1n) is 3.93. The quantitative estimate of drug-likeness (QED) is 0.604. The van der Waals surface area contributed by atoms with Crippen LogP contribution in [0.5, 0.6) is 0 Å². The Morgan fingerprint density at radius 1 is 1.42 bits per heavy atom. The molecule has 0 aromatic rings. The van der Waals surface area contributed by atoms with E-state index in [0.29, 0.717) is 19.6 Å². The van der Waals surface area contributed by atoms with Crippen molar-refractivity contribution < 1.29 is 13.5 Å². The van der Waals surface area contributed by atoms with E-state index in [-0.39, 0.29) is 11.5 Å². The Kier molecular flexibility index (Phi) is 3.09. The summed E-state index contributed by atoms with van der Waals surface area (Å²) in [5, 5.41) is 8.93. The molecule has 0 bridgehead atoms. The lowest BCUT2D eigenvalue weighted by Gasteiger charge is -2.27. The van der Waals surface area contributed by atoms with Crippen LogP contribution >= 0.6 is 0 Å². The lowest BCUT2D eigenvalue weighted by Crippen LogP contribution is -2.43. The molecule has 1 atom stereocenters. The smallest absolute Gasteiger partial charge is 0.152 e. The SMILES string of the molecule is [CH2]C(O)CN1CCS(=O)(=O)CC1. The van der Waals surface area contributed by atoms with E-state index in [1.807, 2.05) is 4.90 Å². The highest BCUT2D eigenvalue weighted by atomic mass is 32.2. The van der Waals surface area contributed by atoms with E-state index in [0.717, 1.165) is 0 Å². The third-order valence-corrected chi connectivity index (χ3v) is 3.52. The first kappa shape index (κ1) is 9.95. The number of β-amino-alcohol motifs (C(OH)–C–C–N with tert-alkyl or cyclic N) is 1. The Morgan fingerprint density at radius 3 is 2.33 bits per heavy atom. The van der Waals surface area contributed by atoms with Crippen LogP contribution in [0.25, 0.3) is 0 Å². The number of nitrogens with zero attached hydrogens (tertiary/aromatic N) is 1. The Morgan fingerprint density at radius 2 is 1.92 bits per heavy atom. The Labute approximate surface area is 73.1 Å². The third kappa shape index (κ3) is 3.08. The standard InChI is InChI=1S/C7H14NO3S/c1-7(9)6-8-2-4-12(10,11)5-3-8/h7,9H,1-6H2. The average Bonchev–Trinajstić information content (AvgIpc) is 1.93. The molecule has 1 aliphatic rings. The van der Waals surface area contributed by atoms with E-state index in [4.69, 9.17) is 5.11 Å². The highest BCUT2D eigenvalue weighted by Crippen LogP contribution is 2.03. The molecule has 1 N–H and O–H groups in total. The average molecular weight is 192 g/mol. The van der Waals surface area contributed by atoms with E-state index in [1.165, 1.54) is 0 Å². The molecule has 1 fully saturated rings. The zero-order chi connectivity index (χ0) is 9.19. The molecule has 0 aliphatic carbocycles. The number of hydrogen-bond donors (Lipinski definition) is 1. The number of aliphatic hydroxyl groups excluding tert-OH is 1. The fourth-order valence-corrected chi connectivity index (χ4v) is 2.51. The van der Waals surface area contributed by atoms with Gasteiger partial charge in [-0.2, -0.15) is 0 Å². The largest absolute Gasteiger partial charge is 0.392 e. The van der Waals surface area contributed by atoms with Crippen LogP contribution in [0.2, 0.25) is 0 Å². The normalized spacial score (nSPS) is 26.8. The second kappa shape index (κ2) is 3.72. The van der Waals surface area contributed by atoms with Gasteiger partial charge in [0.25, 0.3) is 0 Å². The molecule has 0 amide bonds. The van der Waals surface area contributed by atoms with Crippen molar-refractivity contribution in [3.8, 4) is 0 Å². The summed E-state index contributed by atoms with van der Waals surface area (Å²) in [6.45, 7) is 4.95. The van der Waals surface area contributed by atoms with E-state index >= 15 is 0 Å². The van der Waals surface area contributed by atoms with Gasteiger partial charge in [-0.15, -0.1) is 0 Å². The van der Waals surface area contributed by atoms with Gasteiger partial charge < -0.3 is 5.11 Å². The van der Waals surface area contributed by atoms with E-state index in [1.54, 1.807) is 0 Å². The minimum Gasteiger partial charge on any atom is -0.392 e. The molecule has 1 unspecified atom stereocenters. The highest BCUT2D eigenvalue weighted by molar-refractivity contribution is 7.91. The van der Waals surface area contributed by atoms with E-state index < -0.39 is 15.9 Å². The number of hydrogen-bond acceptors (Lipinski definition) is 4. The molecule has 0 aromatic carbocycles. The fourth-order valence-electron chi connectivity index (χ4n) is 1.23. The van der Waals surface area contributed by atoms with Crippen molar-refractivity contribution in [1.29, 1.82) is 0 Å². The molecule has 12 heavy (non-hydrogen) atoms. The number of rotatable bonds is 2. The number of aliphatic hydroxyl groups is 1. The fraction of sp³-hybridized carbons (Fsp3) is 0.857. The van der Waals surface area contributed by atoms with Crippen LogP contribution in [0.3, 0.4) is 0 Å². The van der Waals surface area contributed by atoms with Gasteiger partial charge in [-0.05, 0) is 6.92 Å². The van der Waals surface area contributed by atoms with Gasteiger partial charge in [-0.1, -0.05) is 0 Å². The Bertz CT molecular complexity index is 221. The van der Waals surface area contributed by atoms with Crippen molar-refractivity contribution in [2.75, 3.05) is 31.1 Å². The molecule has 0 aromatic heterocycles. The van der Waals surface area contributed by atoms with Crippen molar-refractivity contribution in [2.45, 2.75) is 6.10 Å². The second-order valence-corrected chi connectivity index (χ2v) is 5.41. The topological polar surface area (TPSA) is 57.6 Å². The van der Waals surface area contributed by atoms with Crippen molar-refractivity contribution in [3.63, 3.8) is 0 Å². The lowest BCUT2D eigenvalue weighted by molar-refractivity contribution is 0.151. The van der Waals surface area contributed by atoms with Crippen LogP contribution in [0, 0.1) is 6.92 Å². The van der Waals surface area contributed by atoms with Crippen LogP contribution in [-0.2, 0) is 9.84 Å². The maximum Gasteiger partial charge on any atom is 0.152 e. The summed E-state index contributed by atoms with van der Waals surface area (Å²) in [5.74, 6) is 0.416. The zero-order valence-corrected chi connectivity index (χ0v) is 7.76. The van der Waals surface area contributed by atoms with Gasteiger partial charge in [0.05, 0.1) is 17.6 Å². The third-order valence-electron chi connectivity index (χ3n) is 1.91. The van der Waals surface area contributed by atoms with Gasteiger partial charge in [0.1, 0.15) is 0 Å². The molecule has 4 nitrogen and oxygen atoms in total. The Hall–Kier alpha value is -0.130. The number of sulfone groups is 1. The predicted octanol–water partition coefficient (Wildman–Crippen LogP) is -1.09. The van der Waals surface area contributed by atoms with Crippen LogP contribution in [0.1, 0.15) is 0 Å².